The van der Waals surface area contributed by atoms with Gasteiger partial charge in [-0.15, -0.1) is 0 Å². The first kappa shape index (κ1) is 16.3. The summed E-state index contributed by atoms with van der Waals surface area (Å²) in [7, 11) is -2.79. The standard InChI is InChI=1S/C15H13ClO5S/c1-10-3-8-13(16)14(9-10)21-22(18,19)12-6-4-11(5-7-12)15(17)20-2/h3-9H,1-2H3. The first-order valence-electron chi connectivity index (χ1n) is 6.22. The van der Waals surface area contributed by atoms with E-state index in [0.717, 1.165) is 5.56 Å². The molecule has 0 aliphatic rings. The van der Waals surface area contributed by atoms with Crippen molar-refractivity contribution in [2.45, 2.75) is 11.8 Å². The van der Waals surface area contributed by atoms with Crippen molar-refractivity contribution in [1.82, 2.24) is 0 Å². The molecule has 0 unspecified atom stereocenters. The van der Waals surface area contributed by atoms with Crippen LogP contribution in [0.4, 0.5) is 0 Å². The maximum atomic E-state index is 12.2. The zero-order valence-electron chi connectivity index (χ0n) is 11.9. The van der Waals surface area contributed by atoms with Gasteiger partial charge in [0.1, 0.15) is 4.90 Å². The summed E-state index contributed by atoms with van der Waals surface area (Å²) in [5, 5.41) is 0.195. The number of carbonyl (C=O) groups is 1. The zero-order chi connectivity index (χ0) is 16.3. The van der Waals surface area contributed by atoms with E-state index in [1.54, 1.807) is 19.1 Å². The number of hydrogen-bond donors (Lipinski definition) is 0. The third-order valence-electron chi connectivity index (χ3n) is 2.85. The highest BCUT2D eigenvalue weighted by Crippen LogP contribution is 2.28. The number of benzene rings is 2. The van der Waals surface area contributed by atoms with Gasteiger partial charge in [0.25, 0.3) is 0 Å². The molecule has 0 heterocycles. The van der Waals surface area contributed by atoms with E-state index < -0.39 is 16.1 Å². The summed E-state index contributed by atoms with van der Waals surface area (Å²) < 4.78 is 34.0. The number of aryl methyl sites for hydroxylation is 1. The summed E-state index contributed by atoms with van der Waals surface area (Å²) in [5.74, 6) is -0.495. The number of rotatable bonds is 4. The fraction of sp³-hybridized carbons (Fsp3) is 0.133. The first-order chi connectivity index (χ1) is 10.3. The van der Waals surface area contributed by atoms with E-state index >= 15 is 0 Å². The number of esters is 1. The van der Waals surface area contributed by atoms with Crippen LogP contribution in [0.25, 0.3) is 0 Å². The van der Waals surface area contributed by atoms with Gasteiger partial charge in [0.15, 0.2) is 5.75 Å². The van der Waals surface area contributed by atoms with Crippen molar-refractivity contribution in [3.63, 3.8) is 0 Å². The zero-order valence-corrected chi connectivity index (χ0v) is 13.4. The molecular weight excluding hydrogens is 328 g/mol. The van der Waals surface area contributed by atoms with Crippen molar-refractivity contribution >= 4 is 27.7 Å². The van der Waals surface area contributed by atoms with E-state index in [1.807, 2.05) is 0 Å². The molecule has 116 valence electrons. The fourth-order valence-electron chi connectivity index (χ4n) is 1.72. The van der Waals surface area contributed by atoms with E-state index in [9.17, 15) is 13.2 Å². The van der Waals surface area contributed by atoms with Crippen molar-refractivity contribution in [2.24, 2.45) is 0 Å². The lowest BCUT2D eigenvalue weighted by atomic mass is 10.2. The van der Waals surface area contributed by atoms with Crippen LogP contribution in [-0.4, -0.2) is 21.5 Å². The van der Waals surface area contributed by atoms with Crippen LogP contribution in [0.2, 0.25) is 5.02 Å². The molecule has 0 amide bonds. The van der Waals surface area contributed by atoms with Gasteiger partial charge in [-0.1, -0.05) is 17.7 Å². The van der Waals surface area contributed by atoms with Gasteiger partial charge in [-0.25, -0.2) is 4.79 Å². The minimum atomic E-state index is -4.04. The number of methoxy groups -OCH3 is 1. The molecule has 0 spiro atoms. The van der Waals surface area contributed by atoms with Gasteiger partial charge in [-0.05, 0) is 48.9 Å². The Morgan fingerprint density at radius 2 is 1.73 bits per heavy atom. The SMILES string of the molecule is COC(=O)c1ccc(S(=O)(=O)Oc2cc(C)ccc2Cl)cc1. The highest BCUT2D eigenvalue weighted by molar-refractivity contribution is 7.87. The highest BCUT2D eigenvalue weighted by Gasteiger charge is 2.19. The van der Waals surface area contributed by atoms with Crippen molar-refractivity contribution in [1.29, 1.82) is 0 Å². The van der Waals surface area contributed by atoms with Gasteiger partial charge in [0.2, 0.25) is 0 Å². The van der Waals surface area contributed by atoms with E-state index in [-0.39, 0.29) is 21.2 Å². The molecule has 0 radical (unpaired) electrons. The summed E-state index contributed by atoms with van der Waals surface area (Å²) in [5.41, 5.74) is 1.06. The van der Waals surface area contributed by atoms with Crippen LogP contribution in [0, 0.1) is 6.92 Å². The Kier molecular flexibility index (Phi) is 4.73. The van der Waals surface area contributed by atoms with Crippen molar-refractivity contribution < 1.29 is 22.1 Å². The van der Waals surface area contributed by atoms with Gasteiger partial charge < -0.3 is 8.92 Å². The Morgan fingerprint density at radius 1 is 1.09 bits per heavy atom. The molecule has 0 aliphatic carbocycles. The lowest BCUT2D eigenvalue weighted by Gasteiger charge is -2.09. The second-order valence-electron chi connectivity index (χ2n) is 4.49. The van der Waals surface area contributed by atoms with Gasteiger partial charge in [0, 0.05) is 0 Å². The topological polar surface area (TPSA) is 69.7 Å². The number of hydrogen-bond acceptors (Lipinski definition) is 5. The van der Waals surface area contributed by atoms with Gasteiger partial charge in [-0.2, -0.15) is 8.42 Å². The van der Waals surface area contributed by atoms with Crippen molar-refractivity contribution in [3.8, 4) is 5.75 Å². The lowest BCUT2D eigenvalue weighted by molar-refractivity contribution is 0.0600. The molecule has 2 aromatic carbocycles. The largest absolute Gasteiger partial charge is 0.465 e. The smallest absolute Gasteiger partial charge is 0.339 e. The van der Waals surface area contributed by atoms with Crippen LogP contribution >= 0.6 is 11.6 Å². The Hall–Kier alpha value is -2.05. The summed E-state index contributed by atoms with van der Waals surface area (Å²) in [6.45, 7) is 1.79. The number of ether oxygens (including phenoxy) is 1. The second kappa shape index (κ2) is 6.37. The van der Waals surface area contributed by atoms with Crippen LogP contribution in [0.3, 0.4) is 0 Å². The normalized spacial score (nSPS) is 11.0. The van der Waals surface area contributed by atoms with Gasteiger partial charge in [-0.3, -0.25) is 0 Å². The second-order valence-corrected chi connectivity index (χ2v) is 6.44. The van der Waals surface area contributed by atoms with Crippen LogP contribution < -0.4 is 4.18 Å². The summed E-state index contributed by atoms with van der Waals surface area (Å²) in [4.78, 5) is 11.2. The molecule has 0 bridgehead atoms. The molecular formula is C15H13ClO5S. The molecule has 0 atom stereocenters. The van der Waals surface area contributed by atoms with Crippen molar-refractivity contribution in [3.05, 3.63) is 58.6 Å². The average molecular weight is 341 g/mol. The summed E-state index contributed by atoms with van der Waals surface area (Å²) in [6, 6.07) is 10.1. The molecule has 2 aromatic rings. The first-order valence-corrected chi connectivity index (χ1v) is 8.01. The third-order valence-corrected chi connectivity index (χ3v) is 4.41. The maximum absolute atomic E-state index is 12.2. The monoisotopic (exact) mass is 340 g/mol. The van der Waals surface area contributed by atoms with Crippen LogP contribution in [0.5, 0.6) is 5.75 Å². The van der Waals surface area contributed by atoms with Crippen molar-refractivity contribution in [2.75, 3.05) is 7.11 Å². The molecule has 0 N–H and O–H groups in total. The molecule has 0 fully saturated rings. The fourth-order valence-corrected chi connectivity index (χ4v) is 2.86. The molecule has 0 saturated carbocycles. The molecule has 7 heteroatoms. The number of carbonyl (C=O) groups excluding carboxylic acids is 1. The number of halogens is 1. The molecule has 0 aliphatic heterocycles. The van der Waals surface area contributed by atoms with E-state index in [0.29, 0.717) is 0 Å². The summed E-state index contributed by atoms with van der Waals surface area (Å²) in [6.07, 6.45) is 0. The minimum absolute atomic E-state index is 0.0544. The van der Waals surface area contributed by atoms with Crippen LogP contribution in [-0.2, 0) is 14.9 Å². The highest BCUT2D eigenvalue weighted by atomic mass is 35.5. The predicted octanol–water partition coefficient (Wildman–Crippen LogP) is 3.20. The van der Waals surface area contributed by atoms with E-state index in [4.69, 9.17) is 15.8 Å². The molecule has 0 saturated heterocycles. The Morgan fingerprint density at radius 3 is 2.32 bits per heavy atom. The molecule has 2 rings (SSSR count). The van der Waals surface area contributed by atoms with Gasteiger partial charge in [0.05, 0.1) is 17.7 Å². The van der Waals surface area contributed by atoms with Crippen LogP contribution in [0.1, 0.15) is 15.9 Å². The lowest BCUT2D eigenvalue weighted by Crippen LogP contribution is -2.11. The maximum Gasteiger partial charge on any atom is 0.339 e. The summed E-state index contributed by atoms with van der Waals surface area (Å²) >= 11 is 5.92. The van der Waals surface area contributed by atoms with Gasteiger partial charge >= 0.3 is 16.1 Å². The minimum Gasteiger partial charge on any atom is -0.465 e. The Balaban J connectivity index is 2.30. The Labute approximate surface area is 133 Å². The predicted molar refractivity (Wildman–Crippen MR) is 81.8 cm³/mol. The quantitative estimate of drug-likeness (QED) is 0.631. The third kappa shape index (κ3) is 3.58. The Bertz CT molecular complexity index is 797. The molecule has 5 nitrogen and oxygen atoms in total. The molecule has 0 aromatic heterocycles. The van der Waals surface area contributed by atoms with E-state index in [2.05, 4.69) is 4.74 Å². The van der Waals surface area contributed by atoms with E-state index in [1.165, 1.54) is 37.4 Å². The van der Waals surface area contributed by atoms with Crippen LogP contribution in [0.15, 0.2) is 47.4 Å². The average Bonchev–Trinajstić information content (AvgIpc) is 2.50. The molecule has 22 heavy (non-hydrogen) atoms.